The van der Waals surface area contributed by atoms with Crippen LogP contribution < -0.4 is 0 Å². The van der Waals surface area contributed by atoms with Crippen molar-refractivity contribution >= 4 is 8.32 Å². The molecule has 2 nitrogen and oxygen atoms in total. The van der Waals surface area contributed by atoms with Crippen LogP contribution >= 0.6 is 0 Å². The summed E-state index contributed by atoms with van der Waals surface area (Å²) in [5, 5.41) is 10.9. The number of fused-ring (bicyclic) bond motifs is 5. The lowest BCUT2D eigenvalue weighted by Crippen LogP contribution is -2.53. The molecule has 4 fully saturated rings. The van der Waals surface area contributed by atoms with Crippen molar-refractivity contribution in [3.05, 3.63) is 0 Å². The van der Waals surface area contributed by atoms with Crippen molar-refractivity contribution in [3.63, 3.8) is 0 Å². The zero-order valence-corrected chi connectivity index (χ0v) is 19.8. The van der Waals surface area contributed by atoms with Crippen molar-refractivity contribution in [1.82, 2.24) is 0 Å². The molecule has 0 heterocycles. The van der Waals surface area contributed by atoms with Crippen molar-refractivity contribution in [2.45, 2.75) is 116 Å². The summed E-state index contributed by atoms with van der Waals surface area (Å²) in [4.78, 5) is 0. The van der Waals surface area contributed by atoms with Gasteiger partial charge in [0.1, 0.15) is 0 Å². The standard InChI is InChI=1S/C24H44O2Si/c1-23(2,3)27(5,6)26-22-13-12-20-18-10-11-19-16(8-7-9-21(19)25)17(18)14-15-24(20,22)4/h16-22,25H,7-15H2,1-6H3/t16-,17-,18-,19?,20+,21?,22+,24+/m1/s1. The molecule has 4 saturated carbocycles. The minimum absolute atomic E-state index is 0.00347. The van der Waals surface area contributed by atoms with Gasteiger partial charge in [-0.2, -0.15) is 0 Å². The highest BCUT2D eigenvalue weighted by molar-refractivity contribution is 6.74. The average molecular weight is 393 g/mol. The van der Waals surface area contributed by atoms with E-state index in [1.54, 1.807) is 0 Å². The summed E-state index contributed by atoms with van der Waals surface area (Å²) < 4.78 is 7.04. The van der Waals surface area contributed by atoms with Crippen LogP contribution in [0.5, 0.6) is 0 Å². The monoisotopic (exact) mass is 392 g/mol. The Kier molecular flexibility index (Phi) is 5.17. The molecule has 0 spiro atoms. The van der Waals surface area contributed by atoms with Gasteiger partial charge in [-0.25, -0.2) is 0 Å². The van der Waals surface area contributed by atoms with Crippen LogP contribution in [-0.2, 0) is 4.43 Å². The second-order valence-electron chi connectivity index (χ2n) is 12.3. The maximum atomic E-state index is 10.6. The number of rotatable bonds is 2. The Hall–Kier alpha value is 0.137. The van der Waals surface area contributed by atoms with E-state index in [2.05, 4.69) is 40.8 Å². The van der Waals surface area contributed by atoms with Gasteiger partial charge in [0.25, 0.3) is 0 Å². The largest absolute Gasteiger partial charge is 0.413 e. The molecule has 4 aliphatic carbocycles. The minimum atomic E-state index is -1.71. The second kappa shape index (κ2) is 6.84. The van der Waals surface area contributed by atoms with Crippen molar-refractivity contribution in [2.24, 2.45) is 35.0 Å². The Balaban J connectivity index is 1.52. The first-order valence-corrected chi connectivity index (χ1v) is 14.8. The normalized spacial score (nSPS) is 47.9. The molecule has 8 atom stereocenters. The van der Waals surface area contributed by atoms with Gasteiger partial charge in [0.05, 0.1) is 12.2 Å². The molecule has 0 amide bonds. The topological polar surface area (TPSA) is 29.5 Å². The summed E-state index contributed by atoms with van der Waals surface area (Å²) in [5.41, 5.74) is 0.400. The van der Waals surface area contributed by atoms with Gasteiger partial charge in [-0.15, -0.1) is 0 Å². The highest BCUT2D eigenvalue weighted by Gasteiger charge is 2.58. The lowest BCUT2D eigenvalue weighted by molar-refractivity contribution is -0.102. The lowest BCUT2D eigenvalue weighted by Gasteiger charge is -2.56. The van der Waals surface area contributed by atoms with E-state index >= 15 is 0 Å². The zero-order valence-electron chi connectivity index (χ0n) is 18.8. The van der Waals surface area contributed by atoms with E-state index in [1.807, 2.05) is 0 Å². The molecular formula is C24H44O2Si. The smallest absolute Gasteiger partial charge is 0.192 e. The second-order valence-corrected chi connectivity index (χ2v) is 17.1. The third-order valence-corrected chi connectivity index (χ3v) is 14.6. The first-order valence-electron chi connectivity index (χ1n) is 11.9. The van der Waals surface area contributed by atoms with Gasteiger partial charge in [0, 0.05) is 0 Å². The summed E-state index contributed by atoms with van der Waals surface area (Å²) in [6.07, 6.45) is 12.3. The van der Waals surface area contributed by atoms with E-state index in [0.717, 1.165) is 30.1 Å². The van der Waals surface area contributed by atoms with E-state index in [4.69, 9.17) is 4.43 Å². The molecule has 0 saturated heterocycles. The van der Waals surface area contributed by atoms with E-state index in [-0.39, 0.29) is 6.10 Å². The van der Waals surface area contributed by atoms with Gasteiger partial charge >= 0.3 is 0 Å². The fourth-order valence-electron chi connectivity index (χ4n) is 7.54. The van der Waals surface area contributed by atoms with Crippen molar-refractivity contribution < 1.29 is 9.53 Å². The van der Waals surface area contributed by atoms with Crippen molar-refractivity contribution in [2.75, 3.05) is 0 Å². The van der Waals surface area contributed by atoms with Crippen molar-refractivity contribution in [3.8, 4) is 0 Å². The third kappa shape index (κ3) is 3.28. The molecule has 0 aromatic heterocycles. The third-order valence-electron chi connectivity index (χ3n) is 10.1. The Morgan fingerprint density at radius 2 is 1.52 bits per heavy atom. The average Bonchev–Trinajstić information content (AvgIpc) is 2.90. The van der Waals surface area contributed by atoms with Crippen LogP contribution in [0, 0.1) is 35.0 Å². The number of aliphatic hydroxyl groups is 1. The number of hydrogen-bond donors (Lipinski definition) is 1. The maximum Gasteiger partial charge on any atom is 0.192 e. The Morgan fingerprint density at radius 1 is 0.852 bits per heavy atom. The van der Waals surface area contributed by atoms with Crippen LogP contribution in [0.4, 0.5) is 0 Å². The van der Waals surface area contributed by atoms with Gasteiger partial charge in [-0.3, -0.25) is 0 Å². The molecule has 0 aliphatic heterocycles. The zero-order chi connectivity index (χ0) is 19.6. The van der Waals surface area contributed by atoms with Crippen LogP contribution in [0.15, 0.2) is 0 Å². The van der Waals surface area contributed by atoms with Gasteiger partial charge in [-0.05, 0) is 105 Å². The maximum absolute atomic E-state index is 10.6. The number of hydrogen-bond acceptors (Lipinski definition) is 2. The molecule has 0 aromatic carbocycles. The van der Waals surface area contributed by atoms with Crippen molar-refractivity contribution in [1.29, 1.82) is 0 Å². The van der Waals surface area contributed by atoms with Crippen LogP contribution in [0.25, 0.3) is 0 Å². The summed E-state index contributed by atoms with van der Waals surface area (Å²) in [6.45, 7) is 14.6. The molecule has 4 rings (SSSR count). The van der Waals surface area contributed by atoms with E-state index in [0.29, 0.717) is 22.5 Å². The molecule has 3 heteroatoms. The Morgan fingerprint density at radius 3 is 2.22 bits per heavy atom. The predicted octanol–water partition coefficient (Wildman–Crippen LogP) is 6.39. The number of aliphatic hydroxyl groups excluding tert-OH is 1. The molecule has 2 unspecified atom stereocenters. The fourth-order valence-corrected chi connectivity index (χ4v) is 8.99. The van der Waals surface area contributed by atoms with Gasteiger partial charge < -0.3 is 9.53 Å². The summed E-state index contributed by atoms with van der Waals surface area (Å²) >= 11 is 0. The summed E-state index contributed by atoms with van der Waals surface area (Å²) in [5.74, 6) is 4.10. The predicted molar refractivity (Wildman–Crippen MR) is 115 cm³/mol. The van der Waals surface area contributed by atoms with Gasteiger partial charge in [-0.1, -0.05) is 34.1 Å². The summed E-state index contributed by atoms with van der Waals surface area (Å²) in [6, 6.07) is 0. The lowest BCUT2D eigenvalue weighted by atomic mass is 9.50. The Labute approximate surface area is 169 Å². The highest BCUT2D eigenvalue weighted by atomic mass is 28.4. The molecule has 0 bridgehead atoms. The molecule has 1 N–H and O–H groups in total. The molecule has 27 heavy (non-hydrogen) atoms. The van der Waals surface area contributed by atoms with E-state index in [1.165, 1.54) is 51.4 Å². The van der Waals surface area contributed by atoms with Crippen LogP contribution in [0.1, 0.15) is 85.5 Å². The SMILES string of the molecule is CC(C)(C)[Si](C)(C)O[C@H]1CC[C@H]2[C@@H]3CCC4C(O)CCC[C@@H]4[C@H]3CC[C@]12C. The molecule has 0 radical (unpaired) electrons. The highest BCUT2D eigenvalue weighted by Crippen LogP contribution is 2.63. The van der Waals surface area contributed by atoms with Crippen LogP contribution in [-0.4, -0.2) is 25.6 Å². The molecule has 156 valence electrons. The molecule has 4 aliphatic rings. The first-order chi connectivity index (χ1) is 12.5. The van der Waals surface area contributed by atoms with E-state index < -0.39 is 8.32 Å². The van der Waals surface area contributed by atoms with Crippen LogP contribution in [0.3, 0.4) is 0 Å². The summed E-state index contributed by atoms with van der Waals surface area (Å²) in [7, 11) is -1.71. The minimum Gasteiger partial charge on any atom is -0.413 e. The quantitative estimate of drug-likeness (QED) is 0.552. The molecular weight excluding hydrogens is 348 g/mol. The first kappa shape index (κ1) is 20.4. The Bertz CT molecular complexity index is 553. The fraction of sp³-hybridized carbons (Fsp3) is 1.00. The van der Waals surface area contributed by atoms with E-state index in [9.17, 15) is 5.11 Å². The molecule has 0 aromatic rings. The van der Waals surface area contributed by atoms with Gasteiger partial charge in [0.2, 0.25) is 0 Å². The van der Waals surface area contributed by atoms with Gasteiger partial charge in [0.15, 0.2) is 8.32 Å². The van der Waals surface area contributed by atoms with Crippen LogP contribution in [0.2, 0.25) is 18.1 Å².